The van der Waals surface area contributed by atoms with Gasteiger partial charge in [0, 0.05) is 0 Å². The monoisotopic (exact) mass is 554 g/mol. The number of benzene rings is 5. The molecule has 5 aromatic carbocycles. The maximum absolute atomic E-state index is 13.4. The van der Waals surface area contributed by atoms with E-state index in [2.05, 4.69) is 131 Å². The molecule has 36 heavy (non-hydrogen) atoms. The van der Waals surface area contributed by atoms with E-state index in [1.807, 2.05) is 12.1 Å². The fraction of sp³-hybridized carbons (Fsp3) is 0.0909. The van der Waals surface area contributed by atoms with E-state index in [-0.39, 0.29) is 5.82 Å². The van der Waals surface area contributed by atoms with Gasteiger partial charge in [0.2, 0.25) is 0 Å². The van der Waals surface area contributed by atoms with Crippen molar-refractivity contribution in [3.8, 4) is 0 Å². The topological polar surface area (TPSA) is 0 Å². The van der Waals surface area contributed by atoms with Gasteiger partial charge in [0.25, 0.3) is 0 Å². The van der Waals surface area contributed by atoms with Crippen molar-refractivity contribution in [2.75, 3.05) is 0 Å². The molecule has 5 aromatic rings. The second-order valence-electron chi connectivity index (χ2n) is 9.24. The Hall–Kier alpha value is -3.06. The van der Waals surface area contributed by atoms with Gasteiger partial charge < -0.3 is 0 Å². The molecule has 0 amide bonds. The van der Waals surface area contributed by atoms with Gasteiger partial charge in [-0.3, -0.25) is 0 Å². The summed E-state index contributed by atoms with van der Waals surface area (Å²) in [7, 11) is 0. The first-order chi connectivity index (χ1) is 17.6. The van der Waals surface area contributed by atoms with E-state index in [1.165, 1.54) is 27.0 Å². The van der Waals surface area contributed by atoms with Gasteiger partial charge in [0.15, 0.2) is 0 Å². The van der Waals surface area contributed by atoms with Crippen molar-refractivity contribution < 1.29 is 4.39 Å². The van der Waals surface area contributed by atoms with Crippen LogP contribution in [-0.2, 0) is 19.0 Å². The van der Waals surface area contributed by atoms with Crippen LogP contribution in [0.1, 0.15) is 16.7 Å². The van der Waals surface area contributed by atoms with Crippen molar-refractivity contribution in [2.24, 2.45) is 0 Å². The Morgan fingerprint density at radius 1 is 0.472 bits per heavy atom. The van der Waals surface area contributed by atoms with E-state index in [0.717, 1.165) is 24.6 Å². The van der Waals surface area contributed by atoms with Gasteiger partial charge in [-0.15, -0.1) is 0 Å². The molecule has 0 nitrogen and oxygen atoms in total. The van der Waals surface area contributed by atoms with Gasteiger partial charge in [-0.1, -0.05) is 0 Å². The quantitative estimate of drug-likeness (QED) is 0.171. The zero-order valence-electron chi connectivity index (χ0n) is 20.1. The molecule has 0 aromatic heterocycles. The van der Waals surface area contributed by atoms with Crippen LogP contribution >= 0.6 is 20.8 Å². The summed E-state index contributed by atoms with van der Waals surface area (Å²) in [5.74, 6) is -0.190. The molecule has 0 bridgehead atoms. The second kappa shape index (κ2) is 10.5. The summed E-state index contributed by atoms with van der Waals surface area (Å²) >= 11 is 4.58. The molecule has 0 unspecified atom stereocenters. The Morgan fingerprint density at radius 3 is 1.36 bits per heavy atom. The van der Waals surface area contributed by atoms with Crippen LogP contribution in [0.3, 0.4) is 0 Å². The van der Waals surface area contributed by atoms with Crippen molar-refractivity contribution in [3.63, 3.8) is 0 Å². The molecule has 0 atom stereocenters. The third-order valence-electron chi connectivity index (χ3n) is 7.07. The molecule has 0 heterocycles. The third kappa shape index (κ3) is 4.69. The van der Waals surface area contributed by atoms with Crippen LogP contribution in [-0.4, -0.2) is 0 Å². The number of aryl methyl sites for hydroxylation is 2. The summed E-state index contributed by atoms with van der Waals surface area (Å²) in [5, 5.41) is 0.871. The number of rotatable bonds is 8. The molecule has 5 rings (SSSR count). The molecule has 0 spiro atoms. The van der Waals surface area contributed by atoms with Crippen molar-refractivity contribution in [1.82, 2.24) is 0 Å². The summed E-state index contributed by atoms with van der Waals surface area (Å²) in [5.41, 5.74) is 3.82. The van der Waals surface area contributed by atoms with Gasteiger partial charge in [-0.25, -0.2) is 0 Å². The summed E-state index contributed by atoms with van der Waals surface area (Å²) in [6.07, 6.45) is 2.64. The first-order valence-electron chi connectivity index (χ1n) is 12.3. The average Bonchev–Trinajstić information content (AvgIpc) is 2.95. The van der Waals surface area contributed by atoms with Crippen LogP contribution in [0.25, 0.3) is 0 Å². The predicted octanol–water partition coefficient (Wildman–Crippen LogP) is 7.95. The Bertz CT molecular complexity index is 1320. The Labute approximate surface area is 221 Å². The fourth-order valence-corrected chi connectivity index (χ4v) is 12.9. The molecule has 0 saturated carbocycles. The Morgan fingerprint density at radius 2 is 0.889 bits per heavy atom. The molecule has 0 aliphatic heterocycles. The van der Waals surface area contributed by atoms with E-state index < -0.39 is 5.31 Å². The molecule has 0 aliphatic carbocycles. The van der Waals surface area contributed by atoms with E-state index in [9.17, 15) is 4.39 Å². The third-order valence-corrected chi connectivity index (χ3v) is 16.6. The van der Waals surface area contributed by atoms with Crippen LogP contribution in [0, 0.1) is 5.82 Å². The normalized spacial score (nSPS) is 12.6. The van der Waals surface area contributed by atoms with Crippen molar-refractivity contribution in [2.45, 2.75) is 19.0 Å². The maximum atomic E-state index is 13.4. The van der Waals surface area contributed by atoms with Crippen molar-refractivity contribution >= 4 is 36.7 Å². The standard InChI is InChI=1S/C33H29BrFP/c34-36(31-14-4-1-5-15-31,32-16-6-2-7-17-32,33-18-8-3-9-19-33)26-29-13-11-10-12-28(29)23-20-27-21-24-30(35)25-22-27/h1-19,21-22,24-25H,20,23,26H2. The van der Waals surface area contributed by atoms with Crippen LogP contribution in [0.5, 0.6) is 0 Å². The van der Waals surface area contributed by atoms with Crippen LogP contribution < -0.4 is 15.9 Å². The first-order valence-corrected chi connectivity index (χ1v) is 16.7. The van der Waals surface area contributed by atoms with E-state index >= 15 is 0 Å². The van der Waals surface area contributed by atoms with Crippen LogP contribution in [0.4, 0.5) is 4.39 Å². The van der Waals surface area contributed by atoms with Gasteiger partial charge in [-0.05, 0) is 0 Å². The molecule has 0 aliphatic rings. The van der Waals surface area contributed by atoms with E-state index in [1.54, 1.807) is 12.1 Å². The molecular weight excluding hydrogens is 526 g/mol. The van der Waals surface area contributed by atoms with Crippen LogP contribution in [0.15, 0.2) is 140 Å². The van der Waals surface area contributed by atoms with Crippen molar-refractivity contribution in [3.05, 3.63) is 162 Å². The van der Waals surface area contributed by atoms with Crippen molar-refractivity contribution in [1.29, 1.82) is 0 Å². The molecule has 0 radical (unpaired) electrons. The summed E-state index contributed by atoms with van der Waals surface area (Å²) in [6, 6.07) is 48.4. The van der Waals surface area contributed by atoms with Crippen LogP contribution in [0.2, 0.25) is 0 Å². The van der Waals surface area contributed by atoms with Gasteiger partial charge in [-0.2, -0.15) is 0 Å². The summed E-state index contributed by atoms with van der Waals surface area (Å²) in [6.45, 7) is 0. The van der Waals surface area contributed by atoms with E-state index in [0.29, 0.717) is 0 Å². The second-order valence-corrected chi connectivity index (χ2v) is 18.2. The van der Waals surface area contributed by atoms with Gasteiger partial charge in [0.1, 0.15) is 0 Å². The molecule has 0 saturated heterocycles. The average molecular weight is 555 g/mol. The molecule has 180 valence electrons. The van der Waals surface area contributed by atoms with E-state index in [4.69, 9.17) is 0 Å². The van der Waals surface area contributed by atoms with Gasteiger partial charge in [0.05, 0.1) is 0 Å². The number of hydrogen-bond donors (Lipinski definition) is 0. The molecule has 3 heteroatoms. The summed E-state index contributed by atoms with van der Waals surface area (Å²) in [4.78, 5) is 0. The summed E-state index contributed by atoms with van der Waals surface area (Å²) < 4.78 is 13.4. The fourth-order valence-electron chi connectivity index (χ4n) is 5.14. The first kappa shape index (κ1) is 24.6. The minimum atomic E-state index is -3.07. The Kier molecular flexibility index (Phi) is 7.19. The van der Waals surface area contributed by atoms with Gasteiger partial charge >= 0.3 is 222 Å². The molecule has 0 fully saturated rings. The zero-order chi connectivity index (χ0) is 24.9. The zero-order valence-corrected chi connectivity index (χ0v) is 22.6. The predicted molar refractivity (Wildman–Crippen MR) is 158 cm³/mol. The number of halogens is 2. The number of hydrogen-bond acceptors (Lipinski definition) is 0. The Balaban J connectivity index is 1.66. The SMILES string of the molecule is Fc1ccc(CCc2ccccc2CP(Br)(c2ccccc2)(c2ccccc2)c2ccccc2)cc1. The minimum absolute atomic E-state index is 0.190. The molecule has 0 N–H and O–H groups in total. The molecular formula is C33H29BrFP.